The second-order valence-electron chi connectivity index (χ2n) is 9.18. The second kappa shape index (κ2) is 18.1. The SMILES string of the molecule is CCCCCCCCCCCCCCCCCCOC(O)[C@H](O)[C@H]1OC(=O)C(OP(=O)(O)O)=C1O. The molecule has 0 aromatic carbocycles. The van der Waals surface area contributed by atoms with Gasteiger partial charge in [0.05, 0.1) is 0 Å². The standard InChI is InChI=1S/C24H45O10P/c1-2-3-4-5-6-7-8-9-10-11-12-13-14-15-16-17-18-32-23(27)20(26)21-19(25)22(24(28)33-21)34-35(29,30)31/h20-21,23,25-27H,2-18H2,1H3,(H2,29,30,31)/t20-,21+,23?/m1/s1. The molecule has 1 aliphatic rings. The first-order valence-electron chi connectivity index (χ1n) is 13.0. The van der Waals surface area contributed by atoms with Crippen LogP contribution < -0.4 is 0 Å². The first kappa shape index (κ1) is 31.9. The van der Waals surface area contributed by atoms with Gasteiger partial charge in [0, 0.05) is 6.61 Å². The number of aliphatic hydroxyl groups is 3. The monoisotopic (exact) mass is 524 g/mol. The Morgan fingerprint density at radius 1 is 0.829 bits per heavy atom. The van der Waals surface area contributed by atoms with Crippen LogP contribution in [-0.2, 0) is 23.4 Å². The Kier molecular flexibility index (Phi) is 16.5. The van der Waals surface area contributed by atoms with Crippen LogP contribution in [0.4, 0.5) is 0 Å². The lowest BCUT2D eigenvalue weighted by molar-refractivity contribution is -0.193. The molecule has 0 amide bonds. The minimum absolute atomic E-state index is 0.160. The van der Waals surface area contributed by atoms with Crippen molar-refractivity contribution in [2.45, 2.75) is 128 Å². The molecule has 0 bridgehead atoms. The van der Waals surface area contributed by atoms with Gasteiger partial charge < -0.3 is 29.3 Å². The fourth-order valence-corrected chi connectivity index (χ4v) is 4.40. The van der Waals surface area contributed by atoms with E-state index in [2.05, 4.69) is 16.2 Å². The minimum atomic E-state index is -5.11. The number of hydrogen-bond donors (Lipinski definition) is 5. The second-order valence-corrected chi connectivity index (χ2v) is 10.3. The number of unbranched alkanes of at least 4 members (excludes halogenated alkanes) is 15. The van der Waals surface area contributed by atoms with E-state index < -0.39 is 43.8 Å². The van der Waals surface area contributed by atoms with E-state index in [0.717, 1.165) is 19.3 Å². The lowest BCUT2D eigenvalue weighted by Crippen LogP contribution is -2.40. The number of rotatable bonds is 22. The number of cyclic esters (lactones) is 1. The number of esters is 1. The van der Waals surface area contributed by atoms with Crippen molar-refractivity contribution >= 4 is 13.8 Å². The molecule has 3 atom stereocenters. The molecule has 206 valence electrons. The molecular formula is C24H45O10P. The normalized spacial score (nSPS) is 18.1. The summed E-state index contributed by atoms with van der Waals surface area (Å²) in [6.07, 6.45) is 14.3. The van der Waals surface area contributed by atoms with Crippen LogP contribution in [0.25, 0.3) is 0 Å². The van der Waals surface area contributed by atoms with E-state index in [1.165, 1.54) is 77.0 Å². The van der Waals surface area contributed by atoms with Gasteiger partial charge in [0.15, 0.2) is 18.2 Å². The van der Waals surface area contributed by atoms with Crippen molar-refractivity contribution in [2.24, 2.45) is 0 Å². The number of aliphatic hydroxyl groups excluding tert-OH is 3. The Morgan fingerprint density at radius 3 is 1.69 bits per heavy atom. The van der Waals surface area contributed by atoms with Gasteiger partial charge in [0.2, 0.25) is 0 Å². The van der Waals surface area contributed by atoms with Gasteiger partial charge in [-0.05, 0) is 6.42 Å². The highest BCUT2D eigenvalue weighted by atomic mass is 31.2. The highest BCUT2D eigenvalue weighted by molar-refractivity contribution is 7.46. The zero-order chi connectivity index (χ0) is 26.1. The third-order valence-corrected chi connectivity index (χ3v) is 6.44. The largest absolute Gasteiger partial charge is 0.525 e. The van der Waals surface area contributed by atoms with Gasteiger partial charge in [0.25, 0.3) is 5.76 Å². The summed E-state index contributed by atoms with van der Waals surface area (Å²) in [7, 11) is -5.11. The predicted molar refractivity (Wildman–Crippen MR) is 130 cm³/mol. The molecule has 0 aromatic rings. The van der Waals surface area contributed by atoms with Crippen LogP contribution in [0, 0.1) is 0 Å². The Bertz CT molecular complexity index is 663. The molecule has 1 unspecified atom stereocenters. The van der Waals surface area contributed by atoms with Gasteiger partial charge in [0.1, 0.15) is 6.10 Å². The molecule has 5 N–H and O–H groups in total. The molecule has 0 saturated heterocycles. The van der Waals surface area contributed by atoms with Crippen LogP contribution in [-0.4, -0.2) is 56.2 Å². The average Bonchev–Trinajstić information content (AvgIpc) is 3.07. The molecular weight excluding hydrogens is 479 g/mol. The summed E-state index contributed by atoms with van der Waals surface area (Å²) >= 11 is 0. The zero-order valence-electron chi connectivity index (χ0n) is 21.0. The molecule has 0 aliphatic carbocycles. The molecule has 1 rings (SSSR count). The number of carbonyl (C=O) groups excluding carboxylic acids is 1. The molecule has 0 saturated carbocycles. The van der Waals surface area contributed by atoms with Crippen LogP contribution in [0.2, 0.25) is 0 Å². The summed E-state index contributed by atoms with van der Waals surface area (Å²) in [6, 6.07) is 0. The predicted octanol–water partition coefficient (Wildman–Crippen LogP) is 4.75. The average molecular weight is 525 g/mol. The smallest absolute Gasteiger partial charge is 0.505 e. The number of hydrogen-bond acceptors (Lipinski definition) is 8. The van der Waals surface area contributed by atoms with E-state index in [1.54, 1.807) is 0 Å². The minimum Gasteiger partial charge on any atom is -0.505 e. The zero-order valence-corrected chi connectivity index (χ0v) is 21.9. The Morgan fingerprint density at radius 2 is 1.26 bits per heavy atom. The molecule has 10 nitrogen and oxygen atoms in total. The van der Waals surface area contributed by atoms with Crippen molar-refractivity contribution < 1.29 is 48.5 Å². The third kappa shape index (κ3) is 14.2. The number of ether oxygens (including phenoxy) is 2. The maximum absolute atomic E-state index is 11.6. The fourth-order valence-electron chi connectivity index (χ4n) is 4.00. The van der Waals surface area contributed by atoms with Crippen molar-refractivity contribution in [1.29, 1.82) is 0 Å². The first-order chi connectivity index (χ1) is 16.7. The molecule has 1 heterocycles. The van der Waals surface area contributed by atoms with E-state index in [0.29, 0.717) is 6.42 Å². The van der Waals surface area contributed by atoms with Crippen LogP contribution in [0.3, 0.4) is 0 Å². The van der Waals surface area contributed by atoms with Crippen LogP contribution >= 0.6 is 7.82 Å². The van der Waals surface area contributed by atoms with Crippen molar-refractivity contribution in [3.63, 3.8) is 0 Å². The van der Waals surface area contributed by atoms with Crippen LogP contribution in [0.15, 0.2) is 11.5 Å². The van der Waals surface area contributed by atoms with Gasteiger partial charge in [-0.15, -0.1) is 0 Å². The lowest BCUT2D eigenvalue weighted by atomic mass is 10.0. The Labute approximate surface area is 208 Å². The summed E-state index contributed by atoms with van der Waals surface area (Å²) in [5.74, 6) is -3.48. The summed E-state index contributed by atoms with van der Waals surface area (Å²) in [6.45, 7) is 2.40. The molecule has 0 fully saturated rings. The number of phosphoric ester groups is 1. The van der Waals surface area contributed by atoms with Gasteiger partial charge in [-0.3, -0.25) is 9.79 Å². The Balaban J connectivity index is 2.02. The van der Waals surface area contributed by atoms with Gasteiger partial charge in [-0.25, -0.2) is 9.36 Å². The van der Waals surface area contributed by atoms with E-state index >= 15 is 0 Å². The topological polar surface area (TPSA) is 163 Å². The van der Waals surface area contributed by atoms with Crippen molar-refractivity contribution in [2.75, 3.05) is 6.61 Å². The number of phosphoric acid groups is 1. The molecule has 35 heavy (non-hydrogen) atoms. The van der Waals surface area contributed by atoms with Gasteiger partial charge in [-0.1, -0.05) is 103 Å². The summed E-state index contributed by atoms with van der Waals surface area (Å²) in [5, 5.41) is 29.9. The lowest BCUT2D eigenvalue weighted by Gasteiger charge is -2.22. The highest BCUT2D eigenvalue weighted by Gasteiger charge is 2.45. The molecule has 0 radical (unpaired) electrons. The van der Waals surface area contributed by atoms with Crippen molar-refractivity contribution in [3.05, 3.63) is 11.5 Å². The maximum atomic E-state index is 11.6. The maximum Gasteiger partial charge on any atom is 0.525 e. The van der Waals surface area contributed by atoms with Crippen LogP contribution in [0.5, 0.6) is 0 Å². The van der Waals surface area contributed by atoms with E-state index in [4.69, 9.17) is 14.5 Å². The van der Waals surface area contributed by atoms with Crippen LogP contribution in [0.1, 0.15) is 110 Å². The summed E-state index contributed by atoms with van der Waals surface area (Å²) in [5.41, 5.74) is 0. The van der Waals surface area contributed by atoms with E-state index in [-0.39, 0.29) is 6.61 Å². The first-order valence-corrected chi connectivity index (χ1v) is 14.6. The molecule has 0 aromatic heterocycles. The van der Waals surface area contributed by atoms with E-state index in [9.17, 15) is 24.7 Å². The third-order valence-electron chi connectivity index (χ3n) is 6.02. The molecule has 1 aliphatic heterocycles. The van der Waals surface area contributed by atoms with Gasteiger partial charge in [-0.2, -0.15) is 0 Å². The fraction of sp³-hybridized carbons (Fsp3) is 0.875. The quantitative estimate of drug-likeness (QED) is 0.0578. The number of carbonyl (C=O) groups is 1. The Hall–Kier alpha value is -1.16. The van der Waals surface area contributed by atoms with Crippen molar-refractivity contribution in [3.8, 4) is 0 Å². The van der Waals surface area contributed by atoms with Crippen molar-refractivity contribution in [1.82, 2.24) is 0 Å². The molecule has 11 heteroatoms. The van der Waals surface area contributed by atoms with Gasteiger partial charge >= 0.3 is 13.8 Å². The summed E-state index contributed by atoms with van der Waals surface area (Å²) < 4.78 is 24.7. The highest BCUT2D eigenvalue weighted by Crippen LogP contribution is 2.42. The van der Waals surface area contributed by atoms with E-state index in [1.807, 2.05) is 0 Å². The molecule has 0 spiro atoms. The summed E-state index contributed by atoms with van der Waals surface area (Å²) in [4.78, 5) is 29.1.